The zero-order valence-electron chi connectivity index (χ0n) is 14.6. The minimum Gasteiger partial charge on any atom is -0.301 e. The zero-order valence-corrected chi connectivity index (χ0v) is 15.4. The Bertz CT molecular complexity index is 721. The van der Waals surface area contributed by atoms with E-state index in [1.165, 1.54) is 17.4 Å². The first-order valence-electron chi connectivity index (χ1n) is 8.43. The molecule has 1 aromatic heterocycles. The maximum atomic E-state index is 13.7. The first kappa shape index (κ1) is 18.0. The molecule has 0 atom stereocenters. The monoisotopic (exact) mass is 362 g/mol. The number of amides is 1. The second-order valence-electron chi connectivity index (χ2n) is 6.35. The van der Waals surface area contributed by atoms with Crippen LogP contribution < -0.4 is 5.32 Å². The van der Waals surface area contributed by atoms with Crippen molar-refractivity contribution < 1.29 is 9.18 Å². The summed E-state index contributed by atoms with van der Waals surface area (Å²) in [5, 5.41) is 3.54. The Kier molecular flexibility index (Phi) is 5.78. The summed E-state index contributed by atoms with van der Waals surface area (Å²) in [6.45, 7) is 8.19. The van der Waals surface area contributed by atoms with Gasteiger partial charge in [0.1, 0.15) is 5.82 Å². The molecule has 5 nitrogen and oxygen atoms in total. The molecule has 0 unspecified atom stereocenters. The van der Waals surface area contributed by atoms with Gasteiger partial charge in [0.15, 0.2) is 5.13 Å². The Morgan fingerprint density at radius 1 is 1.20 bits per heavy atom. The number of aryl methyl sites for hydroxylation is 2. The number of carbonyl (C=O) groups excluding carboxylic acids is 1. The van der Waals surface area contributed by atoms with Crippen LogP contribution in [0.1, 0.15) is 16.1 Å². The van der Waals surface area contributed by atoms with Crippen LogP contribution in [0.3, 0.4) is 0 Å². The molecule has 1 N–H and O–H groups in total. The predicted molar refractivity (Wildman–Crippen MR) is 98.3 cm³/mol. The fraction of sp³-hybridized carbons (Fsp3) is 0.444. The van der Waals surface area contributed by atoms with Gasteiger partial charge >= 0.3 is 0 Å². The molecule has 0 spiro atoms. The minimum atomic E-state index is -0.154. The van der Waals surface area contributed by atoms with Crippen LogP contribution >= 0.6 is 11.3 Å². The molecule has 1 amide bonds. The Balaban J connectivity index is 1.44. The summed E-state index contributed by atoms with van der Waals surface area (Å²) in [5.41, 5.74) is 1.69. The molecule has 1 aliphatic rings. The third kappa shape index (κ3) is 4.84. The van der Waals surface area contributed by atoms with E-state index in [9.17, 15) is 9.18 Å². The summed E-state index contributed by atoms with van der Waals surface area (Å²) >= 11 is 1.50. The van der Waals surface area contributed by atoms with E-state index < -0.39 is 0 Å². The number of nitrogens with one attached hydrogen (secondary N) is 1. The van der Waals surface area contributed by atoms with E-state index in [4.69, 9.17) is 0 Å². The lowest BCUT2D eigenvalue weighted by Crippen LogP contribution is -2.48. The molecule has 1 saturated heterocycles. The van der Waals surface area contributed by atoms with E-state index in [2.05, 4.69) is 20.1 Å². The number of piperazine rings is 1. The Morgan fingerprint density at radius 2 is 1.88 bits per heavy atom. The highest BCUT2D eigenvalue weighted by atomic mass is 32.1. The average molecular weight is 362 g/mol. The highest BCUT2D eigenvalue weighted by Crippen LogP contribution is 2.21. The second-order valence-corrected chi connectivity index (χ2v) is 7.56. The molecule has 3 rings (SSSR count). The number of benzene rings is 1. The summed E-state index contributed by atoms with van der Waals surface area (Å²) in [6.07, 6.45) is 0. The number of anilines is 1. The standard InChI is InChI=1S/C18H23FN4OS/c1-13-14(2)25-18(20-13)21-17(24)12-23-9-7-22(8-10-23)11-15-5-3-4-6-16(15)19/h3-6H,7-12H2,1-2H3,(H,20,21,24). The lowest BCUT2D eigenvalue weighted by atomic mass is 10.2. The van der Waals surface area contributed by atoms with Crippen LogP contribution in [0.4, 0.5) is 9.52 Å². The molecule has 0 aliphatic carbocycles. The molecule has 7 heteroatoms. The molecular weight excluding hydrogens is 339 g/mol. The van der Waals surface area contributed by atoms with Gasteiger partial charge in [-0.15, -0.1) is 11.3 Å². The van der Waals surface area contributed by atoms with Crippen LogP contribution in [0.5, 0.6) is 0 Å². The number of rotatable bonds is 5. The maximum absolute atomic E-state index is 13.7. The molecule has 1 aromatic carbocycles. The number of aromatic nitrogens is 1. The third-order valence-electron chi connectivity index (χ3n) is 4.46. The van der Waals surface area contributed by atoms with Crippen molar-refractivity contribution in [1.82, 2.24) is 14.8 Å². The van der Waals surface area contributed by atoms with Crippen molar-refractivity contribution in [2.24, 2.45) is 0 Å². The number of nitrogens with zero attached hydrogens (tertiary/aromatic N) is 3. The average Bonchev–Trinajstić information content (AvgIpc) is 2.89. The molecular formula is C18H23FN4OS. The van der Waals surface area contributed by atoms with Crippen LogP contribution in [0, 0.1) is 19.7 Å². The first-order chi connectivity index (χ1) is 12.0. The van der Waals surface area contributed by atoms with Crippen LogP contribution in [0.2, 0.25) is 0 Å². The fourth-order valence-corrected chi connectivity index (χ4v) is 3.69. The summed E-state index contributed by atoms with van der Waals surface area (Å²) in [6, 6.07) is 6.90. The molecule has 0 saturated carbocycles. The van der Waals surface area contributed by atoms with Crippen molar-refractivity contribution in [3.8, 4) is 0 Å². The highest BCUT2D eigenvalue weighted by Gasteiger charge is 2.20. The molecule has 2 heterocycles. The van der Waals surface area contributed by atoms with E-state index in [0.29, 0.717) is 18.2 Å². The molecule has 134 valence electrons. The molecule has 0 bridgehead atoms. The van der Waals surface area contributed by atoms with Gasteiger partial charge in [0.2, 0.25) is 5.91 Å². The van der Waals surface area contributed by atoms with E-state index in [1.54, 1.807) is 6.07 Å². The van der Waals surface area contributed by atoms with E-state index in [0.717, 1.165) is 42.3 Å². The number of carbonyl (C=O) groups is 1. The lowest BCUT2D eigenvalue weighted by molar-refractivity contribution is -0.117. The van der Waals surface area contributed by atoms with E-state index >= 15 is 0 Å². The lowest BCUT2D eigenvalue weighted by Gasteiger charge is -2.34. The van der Waals surface area contributed by atoms with Gasteiger partial charge in [-0.2, -0.15) is 0 Å². The maximum Gasteiger partial charge on any atom is 0.240 e. The summed E-state index contributed by atoms with van der Waals surface area (Å²) in [4.78, 5) is 22.0. The molecule has 1 fully saturated rings. The number of hydrogen-bond donors (Lipinski definition) is 1. The van der Waals surface area contributed by atoms with Crippen molar-refractivity contribution in [2.75, 3.05) is 38.0 Å². The van der Waals surface area contributed by atoms with Crippen molar-refractivity contribution in [3.05, 3.63) is 46.2 Å². The highest BCUT2D eigenvalue weighted by molar-refractivity contribution is 7.15. The number of halogens is 1. The van der Waals surface area contributed by atoms with Gasteiger partial charge in [-0.3, -0.25) is 14.6 Å². The second kappa shape index (κ2) is 8.03. The van der Waals surface area contributed by atoms with Gasteiger partial charge in [-0.1, -0.05) is 18.2 Å². The van der Waals surface area contributed by atoms with Gasteiger partial charge in [0.05, 0.1) is 12.2 Å². The van der Waals surface area contributed by atoms with Crippen molar-refractivity contribution in [1.29, 1.82) is 0 Å². The Labute approximate surface area is 151 Å². The van der Waals surface area contributed by atoms with Crippen molar-refractivity contribution in [2.45, 2.75) is 20.4 Å². The molecule has 25 heavy (non-hydrogen) atoms. The molecule has 2 aromatic rings. The predicted octanol–water partition coefficient (Wildman–Crippen LogP) is 2.66. The molecule has 0 radical (unpaired) electrons. The van der Waals surface area contributed by atoms with Gasteiger partial charge in [-0.05, 0) is 19.9 Å². The zero-order chi connectivity index (χ0) is 17.8. The quantitative estimate of drug-likeness (QED) is 0.888. The first-order valence-corrected chi connectivity index (χ1v) is 9.25. The van der Waals surface area contributed by atoms with Gasteiger partial charge in [0, 0.05) is 43.2 Å². The summed E-state index contributed by atoms with van der Waals surface area (Å²) in [5.74, 6) is -0.186. The Morgan fingerprint density at radius 3 is 2.52 bits per heavy atom. The smallest absolute Gasteiger partial charge is 0.240 e. The number of hydrogen-bond acceptors (Lipinski definition) is 5. The van der Waals surface area contributed by atoms with E-state index in [-0.39, 0.29) is 11.7 Å². The van der Waals surface area contributed by atoms with Crippen molar-refractivity contribution in [3.63, 3.8) is 0 Å². The third-order valence-corrected chi connectivity index (χ3v) is 5.45. The van der Waals surface area contributed by atoms with Crippen LogP contribution in [-0.4, -0.2) is 53.4 Å². The normalized spacial score (nSPS) is 16.1. The van der Waals surface area contributed by atoms with Crippen LogP contribution in [0.25, 0.3) is 0 Å². The van der Waals surface area contributed by atoms with Gasteiger partial charge in [0.25, 0.3) is 0 Å². The van der Waals surface area contributed by atoms with Crippen LogP contribution in [-0.2, 0) is 11.3 Å². The minimum absolute atomic E-state index is 0.0312. The van der Waals surface area contributed by atoms with Gasteiger partial charge < -0.3 is 5.32 Å². The summed E-state index contributed by atoms with van der Waals surface area (Å²) < 4.78 is 13.7. The topological polar surface area (TPSA) is 48.5 Å². The SMILES string of the molecule is Cc1nc(NC(=O)CN2CCN(Cc3ccccc3F)CC2)sc1C. The largest absolute Gasteiger partial charge is 0.301 e. The van der Waals surface area contributed by atoms with Crippen molar-refractivity contribution >= 4 is 22.4 Å². The fourth-order valence-electron chi connectivity index (χ4n) is 2.86. The Hall–Kier alpha value is -1.83. The van der Waals surface area contributed by atoms with Crippen LogP contribution in [0.15, 0.2) is 24.3 Å². The summed E-state index contributed by atoms with van der Waals surface area (Å²) in [7, 11) is 0. The molecule has 1 aliphatic heterocycles. The van der Waals surface area contributed by atoms with E-state index in [1.807, 2.05) is 26.0 Å². The number of thiazole rings is 1. The van der Waals surface area contributed by atoms with Gasteiger partial charge in [-0.25, -0.2) is 9.37 Å².